The van der Waals surface area contributed by atoms with Gasteiger partial charge in [0.1, 0.15) is 5.82 Å². The van der Waals surface area contributed by atoms with Crippen molar-refractivity contribution in [3.8, 4) is 0 Å². The zero-order valence-corrected chi connectivity index (χ0v) is 9.98. The molecular formula is C11H19N5. The van der Waals surface area contributed by atoms with Crippen LogP contribution in [0, 0.1) is 6.92 Å². The Kier molecular flexibility index (Phi) is 3.82. The van der Waals surface area contributed by atoms with Crippen molar-refractivity contribution in [2.24, 2.45) is 0 Å². The summed E-state index contributed by atoms with van der Waals surface area (Å²) < 4.78 is 0. The van der Waals surface area contributed by atoms with E-state index in [0.717, 1.165) is 44.2 Å². The topological polar surface area (TPSA) is 44.3 Å². The lowest BCUT2D eigenvalue weighted by Gasteiger charge is -2.32. The van der Waals surface area contributed by atoms with Gasteiger partial charge in [0.05, 0.1) is 12.2 Å². The highest BCUT2D eigenvalue weighted by Gasteiger charge is 2.12. The maximum absolute atomic E-state index is 4.36. The summed E-state index contributed by atoms with van der Waals surface area (Å²) in [4.78, 5) is 10.8. The molecule has 1 fully saturated rings. The molecule has 1 aliphatic heterocycles. The molecule has 1 saturated heterocycles. The smallest absolute Gasteiger partial charge is 0.125 e. The van der Waals surface area contributed by atoms with Crippen LogP contribution in [0.15, 0.2) is 12.3 Å². The molecule has 1 N–H and O–H groups in total. The number of nitrogens with one attached hydrogen (secondary N) is 1. The normalized spacial score (nSPS) is 18.9. The number of rotatable bonds is 3. The van der Waals surface area contributed by atoms with E-state index in [1.807, 2.05) is 19.2 Å². The number of piperazine rings is 1. The van der Waals surface area contributed by atoms with Crippen LogP contribution in [0.5, 0.6) is 0 Å². The number of hydrogen-bond acceptors (Lipinski definition) is 5. The number of nitrogens with zero attached hydrogens (tertiary/aromatic N) is 4. The predicted molar refractivity (Wildman–Crippen MR) is 62.7 cm³/mol. The summed E-state index contributed by atoms with van der Waals surface area (Å²) in [6, 6.07) is 1.95. The molecule has 0 saturated carbocycles. The summed E-state index contributed by atoms with van der Waals surface area (Å²) in [5.74, 6) is 0.831. The molecule has 16 heavy (non-hydrogen) atoms. The van der Waals surface area contributed by atoms with E-state index in [4.69, 9.17) is 0 Å². The number of likely N-dealkylation sites (N-methyl/N-ethyl adjacent to an activating group) is 1. The number of hydrogen-bond donors (Lipinski definition) is 1. The van der Waals surface area contributed by atoms with E-state index in [1.54, 1.807) is 0 Å². The van der Waals surface area contributed by atoms with E-state index < -0.39 is 0 Å². The minimum atomic E-state index is 0.785. The van der Waals surface area contributed by atoms with Gasteiger partial charge in [0.25, 0.3) is 0 Å². The van der Waals surface area contributed by atoms with Crippen molar-refractivity contribution in [2.75, 3.05) is 33.2 Å². The number of aryl methyl sites for hydroxylation is 1. The van der Waals surface area contributed by atoms with Crippen LogP contribution in [-0.2, 0) is 6.54 Å². The molecule has 1 aromatic heterocycles. The largest absolute Gasteiger partial charge is 0.304 e. The molecule has 2 rings (SSSR count). The lowest BCUT2D eigenvalue weighted by Crippen LogP contribution is -2.50. The van der Waals surface area contributed by atoms with Gasteiger partial charge in [-0.15, -0.1) is 0 Å². The van der Waals surface area contributed by atoms with Crippen LogP contribution in [0.1, 0.15) is 11.5 Å². The Morgan fingerprint density at radius 1 is 1.31 bits per heavy atom. The fraction of sp³-hybridized carbons (Fsp3) is 0.636. The molecule has 0 spiro atoms. The third kappa shape index (κ3) is 3.23. The van der Waals surface area contributed by atoms with Crippen LogP contribution in [0.2, 0.25) is 0 Å². The summed E-state index contributed by atoms with van der Waals surface area (Å²) in [5, 5.41) is 2.26. The van der Waals surface area contributed by atoms with E-state index in [0.29, 0.717) is 0 Å². The van der Waals surface area contributed by atoms with Crippen LogP contribution in [0.4, 0.5) is 0 Å². The van der Waals surface area contributed by atoms with Crippen LogP contribution in [-0.4, -0.2) is 53.1 Å². The molecule has 0 radical (unpaired) electrons. The molecule has 0 unspecified atom stereocenters. The molecular weight excluding hydrogens is 202 g/mol. The monoisotopic (exact) mass is 221 g/mol. The SMILES string of the molecule is Cc1nccc(CNN2CCN(C)CC2)n1. The van der Waals surface area contributed by atoms with Crippen LogP contribution in [0.3, 0.4) is 0 Å². The summed E-state index contributed by atoms with van der Waals surface area (Å²) in [6.07, 6.45) is 1.81. The van der Waals surface area contributed by atoms with Gasteiger partial charge >= 0.3 is 0 Å². The Bertz CT molecular complexity index is 333. The second-order valence-corrected chi connectivity index (χ2v) is 4.22. The van der Waals surface area contributed by atoms with Gasteiger partial charge < -0.3 is 4.90 Å². The Balaban J connectivity index is 1.79. The fourth-order valence-corrected chi connectivity index (χ4v) is 1.76. The second-order valence-electron chi connectivity index (χ2n) is 4.22. The predicted octanol–water partition coefficient (Wildman–Crippen LogP) is 0.0370. The standard InChI is InChI=1S/C11H19N5/c1-10-12-4-3-11(14-10)9-13-16-7-5-15(2)6-8-16/h3-4,13H,5-9H2,1-2H3. The molecule has 0 atom stereocenters. The molecule has 0 amide bonds. The molecule has 5 heteroatoms. The summed E-state index contributed by atoms with van der Waals surface area (Å²) in [6.45, 7) is 7.08. The molecule has 0 aliphatic carbocycles. The third-order valence-electron chi connectivity index (χ3n) is 2.82. The highest BCUT2D eigenvalue weighted by atomic mass is 15.5. The van der Waals surface area contributed by atoms with Crippen molar-refractivity contribution in [1.82, 2.24) is 25.3 Å². The average Bonchev–Trinajstić information content (AvgIpc) is 2.28. The average molecular weight is 221 g/mol. The summed E-state index contributed by atoms with van der Waals surface area (Å²) in [5.41, 5.74) is 4.45. The van der Waals surface area contributed by atoms with Crippen molar-refractivity contribution in [3.63, 3.8) is 0 Å². The minimum absolute atomic E-state index is 0.785. The van der Waals surface area contributed by atoms with Crippen LogP contribution < -0.4 is 5.43 Å². The Morgan fingerprint density at radius 3 is 2.75 bits per heavy atom. The zero-order valence-electron chi connectivity index (χ0n) is 9.98. The van der Waals surface area contributed by atoms with Crippen LogP contribution in [0.25, 0.3) is 0 Å². The summed E-state index contributed by atoms with van der Waals surface area (Å²) in [7, 11) is 2.16. The van der Waals surface area contributed by atoms with Crippen molar-refractivity contribution in [2.45, 2.75) is 13.5 Å². The molecule has 2 heterocycles. The van der Waals surface area contributed by atoms with Crippen molar-refractivity contribution in [1.29, 1.82) is 0 Å². The molecule has 0 aromatic carbocycles. The molecule has 88 valence electrons. The Labute approximate surface area is 96.5 Å². The third-order valence-corrected chi connectivity index (χ3v) is 2.82. The first kappa shape index (κ1) is 11.4. The van der Waals surface area contributed by atoms with Crippen molar-refractivity contribution < 1.29 is 0 Å². The fourth-order valence-electron chi connectivity index (χ4n) is 1.76. The van der Waals surface area contributed by atoms with E-state index in [9.17, 15) is 0 Å². The Morgan fingerprint density at radius 2 is 2.06 bits per heavy atom. The lowest BCUT2D eigenvalue weighted by molar-refractivity contribution is 0.101. The maximum atomic E-state index is 4.36. The van der Waals surface area contributed by atoms with E-state index in [2.05, 4.69) is 32.4 Å². The maximum Gasteiger partial charge on any atom is 0.125 e. The molecule has 5 nitrogen and oxygen atoms in total. The van der Waals surface area contributed by atoms with Gasteiger partial charge in [-0.2, -0.15) is 0 Å². The van der Waals surface area contributed by atoms with Gasteiger partial charge in [-0.3, -0.25) is 0 Å². The van der Waals surface area contributed by atoms with Gasteiger partial charge in [-0.05, 0) is 20.0 Å². The van der Waals surface area contributed by atoms with E-state index >= 15 is 0 Å². The van der Waals surface area contributed by atoms with E-state index in [-0.39, 0.29) is 0 Å². The van der Waals surface area contributed by atoms with Crippen molar-refractivity contribution in [3.05, 3.63) is 23.8 Å². The number of aromatic nitrogens is 2. The molecule has 1 aromatic rings. The lowest BCUT2D eigenvalue weighted by atomic mass is 10.4. The zero-order chi connectivity index (χ0) is 11.4. The Hall–Kier alpha value is -1.04. The number of hydrazine groups is 1. The highest BCUT2D eigenvalue weighted by molar-refractivity contribution is 5.00. The van der Waals surface area contributed by atoms with Gasteiger partial charge in [0, 0.05) is 32.4 Å². The molecule has 0 bridgehead atoms. The van der Waals surface area contributed by atoms with Crippen molar-refractivity contribution >= 4 is 0 Å². The molecule has 1 aliphatic rings. The first-order valence-electron chi connectivity index (χ1n) is 5.69. The van der Waals surface area contributed by atoms with E-state index in [1.165, 1.54) is 0 Å². The first-order chi connectivity index (χ1) is 7.74. The van der Waals surface area contributed by atoms with Gasteiger partial charge in [0.2, 0.25) is 0 Å². The minimum Gasteiger partial charge on any atom is -0.304 e. The van der Waals surface area contributed by atoms with Gasteiger partial charge in [-0.1, -0.05) is 0 Å². The van der Waals surface area contributed by atoms with Gasteiger partial charge in [0.15, 0.2) is 0 Å². The summed E-state index contributed by atoms with van der Waals surface area (Å²) >= 11 is 0. The second kappa shape index (κ2) is 5.34. The van der Waals surface area contributed by atoms with Crippen LogP contribution >= 0.6 is 0 Å². The van der Waals surface area contributed by atoms with Gasteiger partial charge in [-0.25, -0.2) is 20.4 Å². The first-order valence-corrected chi connectivity index (χ1v) is 5.69. The highest BCUT2D eigenvalue weighted by Crippen LogP contribution is 1.98. The quantitative estimate of drug-likeness (QED) is 0.780.